The fraction of sp³-hybridized carbons (Fsp3) is 0.644. The molecule has 0 rings (SSSR count). The second kappa shape index (κ2) is 52.7. The first kappa shape index (κ1) is 61.1. The van der Waals surface area contributed by atoms with Crippen LogP contribution in [0.25, 0.3) is 0 Å². The van der Waals surface area contributed by atoms with Crippen molar-refractivity contribution >= 4 is 17.9 Å². The highest BCUT2D eigenvalue weighted by molar-refractivity contribution is 5.72. The lowest BCUT2D eigenvalue weighted by Crippen LogP contribution is -2.30. The number of rotatable bonds is 46. The number of carbonyl (C=O) groups is 3. The van der Waals surface area contributed by atoms with Crippen molar-refractivity contribution in [2.45, 2.75) is 232 Å². The minimum atomic E-state index is -0.830. The molecule has 0 aliphatic heterocycles. The van der Waals surface area contributed by atoms with Crippen molar-refractivity contribution in [3.05, 3.63) is 109 Å². The number of allylic oxidation sites excluding steroid dienone is 17. The van der Waals surface area contributed by atoms with E-state index in [1.54, 1.807) is 6.08 Å². The summed E-state index contributed by atoms with van der Waals surface area (Å²) in [6, 6.07) is 0. The van der Waals surface area contributed by atoms with E-state index in [4.69, 9.17) is 14.2 Å². The molecule has 65 heavy (non-hydrogen) atoms. The van der Waals surface area contributed by atoms with E-state index < -0.39 is 12.1 Å². The van der Waals surface area contributed by atoms with Gasteiger partial charge in [0.1, 0.15) is 13.2 Å². The molecule has 368 valence electrons. The van der Waals surface area contributed by atoms with Crippen LogP contribution in [0.1, 0.15) is 226 Å². The van der Waals surface area contributed by atoms with E-state index in [9.17, 15) is 14.4 Å². The van der Waals surface area contributed by atoms with Gasteiger partial charge in [-0.3, -0.25) is 14.4 Å². The Morgan fingerprint density at radius 2 is 0.646 bits per heavy atom. The molecule has 0 radical (unpaired) electrons. The minimum Gasteiger partial charge on any atom is -0.462 e. The van der Waals surface area contributed by atoms with Gasteiger partial charge < -0.3 is 14.2 Å². The van der Waals surface area contributed by atoms with Crippen LogP contribution in [-0.4, -0.2) is 37.2 Å². The normalized spacial score (nSPS) is 13.0. The molecule has 0 aliphatic carbocycles. The summed E-state index contributed by atoms with van der Waals surface area (Å²) < 4.78 is 16.6. The molecule has 6 heteroatoms. The Morgan fingerprint density at radius 3 is 1.02 bits per heavy atom. The molecule has 0 heterocycles. The Labute approximate surface area is 400 Å². The summed E-state index contributed by atoms with van der Waals surface area (Å²) in [5.74, 6) is -1.06. The van der Waals surface area contributed by atoms with Gasteiger partial charge in [-0.25, -0.2) is 0 Å². The molecule has 0 aromatic carbocycles. The van der Waals surface area contributed by atoms with Crippen LogP contribution in [0.15, 0.2) is 109 Å². The van der Waals surface area contributed by atoms with Crippen LogP contribution < -0.4 is 0 Å². The molecule has 0 saturated carbocycles. The highest BCUT2D eigenvalue weighted by atomic mass is 16.6. The predicted molar refractivity (Wildman–Crippen MR) is 279 cm³/mol. The Balaban J connectivity index is 4.27. The molecule has 0 saturated heterocycles. The molecule has 0 fully saturated rings. The van der Waals surface area contributed by atoms with E-state index in [1.807, 2.05) is 6.08 Å². The largest absolute Gasteiger partial charge is 0.462 e. The maximum absolute atomic E-state index is 12.7. The molecule has 0 aliphatic rings. The highest BCUT2D eigenvalue weighted by Gasteiger charge is 2.19. The fourth-order valence-corrected chi connectivity index (χ4v) is 6.92. The van der Waals surface area contributed by atoms with E-state index in [0.717, 1.165) is 96.3 Å². The molecule has 0 aromatic rings. The van der Waals surface area contributed by atoms with Crippen molar-refractivity contribution < 1.29 is 28.6 Å². The van der Waals surface area contributed by atoms with Gasteiger partial charge in [0.2, 0.25) is 0 Å². The second-order valence-electron chi connectivity index (χ2n) is 17.0. The van der Waals surface area contributed by atoms with E-state index in [1.165, 1.54) is 89.9 Å². The molecule has 0 aromatic heterocycles. The third-order valence-corrected chi connectivity index (χ3v) is 10.8. The number of carbonyl (C=O) groups excluding carboxylic acids is 3. The summed E-state index contributed by atoms with van der Waals surface area (Å²) in [7, 11) is 0. The van der Waals surface area contributed by atoms with Crippen molar-refractivity contribution in [1.29, 1.82) is 0 Å². The van der Waals surface area contributed by atoms with Crippen molar-refractivity contribution in [1.82, 2.24) is 0 Å². The van der Waals surface area contributed by atoms with Crippen LogP contribution in [0.3, 0.4) is 0 Å². The van der Waals surface area contributed by atoms with E-state index in [0.29, 0.717) is 12.8 Å². The molecule has 0 bridgehead atoms. The zero-order chi connectivity index (χ0) is 47.2. The van der Waals surface area contributed by atoms with Gasteiger partial charge in [-0.2, -0.15) is 0 Å². The van der Waals surface area contributed by atoms with Gasteiger partial charge in [-0.15, -0.1) is 0 Å². The SMILES string of the molecule is CC/C=C\C/C=C\C/C=C\C/C=C\C/C=C\CC(=O)OC(COC(=O)CCCCCCCCC)COC(=O)CCCCCCCCCCCCCC/C=C\C/C=C\C/C=C\C/C=C\CC. The van der Waals surface area contributed by atoms with Crippen LogP contribution in [0.5, 0.6) is 0 Å². The molecule has 0 amide bonds. The van der Waals surface area contributed by atoms with Gasteiger partial charge in [0.05, 0.1) is 6.42 Å². The molecule has 1 atom stereocenters. The quantitative estimate of drug-likeness (QED) is 0.0262. The third kappa shape index (κ3) is 50.9. The Hall–Kier alpha value is -3.93. The maximum atomic E-state index is 12.7. The van der Waals surface area contributed by atoms with Gasteiger partial charge in [0.25, 0.3) is 0 Å². The van der Waals surface area contributed by atoms with E-state index in [2.05, 4.69) is 118 Å². The number of ether oxygens (including phenoxy) is 3. The average Bonchev–Trinajstić information content (AvgIpc) is 3.30. The van der Waals surface area contributed by atoms with Gasteiger partial charge in [-0.1, -0.05) is 233 Å². The Bertz CT molecular complexity index is 1360. The van der Waals surface area contributed by atoms with Crippen LogP contribution >= 0.6 is 0 Å². The van der Waals surface area contributed by atoms with E-state index in [-0.39, 0.29) is 31.6 Å². The summed E-state index contributed by atoms with van der Waals surface area (Å²) >= 11 is 0. The lowest BCUT2D eigenvalue weighted by Gasteiger charge is -2.18. The zero-order valence-electron chi connectivity index (χ0n) is 42.0. The van der Waals surface area contributed by atoms with Crippen molar-refractivity contribution in [2.75, 3.05) is 13.2 Å². The molecule has 0 spiro atoms. The summed E-state index contributed by atoms with van der Waals surface area (Å²) in [6.07, 6.45) is 71.3. The van der Waals surface area contributed by atoms with E-state index >= 15 is 0 Å². The Morgan fingerprint density at radius 1 is 0.338 bits per heavy atom. The fourth-order valence-electron chi connectivity index (χ4n) is 6.92. The lowest BCUT2D eigenvalue weighted by molar-refractivity contribution is -0.166. The minimum absolute atomic E-state index is 0.0949. The first-order chi connectivity index (χ1) is 32.0. The molecular formula is C59H96O6. The van der Waals surface area contributed by atoms with Crippen LogP contribution in [0.4, 0.5) is 0 Å². The summed E-state index contributed by atoms with van der Waals surface area (Å²) in [6.45, 7) is 6.27. The van der Waals surface area contributed by atoms with Crippen LogP contribution in [-0.2, 0) is 28.6 Å². The van der Waals surface area contributed by atoms with Crippen molar-refractivity contribution in [3.8, 4) is 0 Å². The van der Waals surface area contributed by atoms with Gasteiger partial charge in [-0.05, 0) is 83.5 Å². The first-order valence-corrected chi connectivity index (χ1v) is 26.4. The number of esters is 3. The summed E-state index contributed by atoms with van der Waals surface area (Å²) in [5.41, 5.74) is 0. The third-order valence-electron chi connectivity index (χ3n) is 10.8. The lowest BCUT2D eigenvalue weighted by atomic mass is 10.0. The number of hydrogen-bond acceptors (Lipinski definition) is 6. The molecular weight excluding hydrogens is 805 g/mol. The zero-order valence-corrected chi connectivity index (χ0v) is 42.0. The molecule has 6 nitrogen and oxygen atoms in total. The highest BCUT2D eigenvalue weighted by Crippen LogP contribution is 2.14. The predicted octanol–water partition coefficient (Wildman–Crippen LogP) is 17.5. The monoisotopic (exact) mass is 901 g/mol. The topological polar surface area (TPSA) is 78.9 Å². The average molecular weight is 901 g/mol. The second-order valence-corrected chi connectivity index (χ2v) is 17.0. The van der Waals surface area contributed by atoms with Crippen molar-refractivity contribution in [2.24, 2.45) is 0 Å². The van der Waals surface area contributed by atoms with Gasteiger partial charge in [0.15, 0.2) is 6.10 Å². The maximum Gasteiger partial charge on any atom is 0.310 e. The van der Waals surface area contributed by atoms with Crippen molar-refractivity contribution in [3.63, 3.8) is 0 Å². The smallest absolute Gasteiger partial charge is 0.310 e. The number of hydrogen-bond donors (Lipinski definition) is 0. The summed E-state index contributed by atoms with van der Waals surface area (Å²) in [5, 5.41) is 0. The first-order valence-electron chi connectivity index (χ1n) is 26.4. The van der Waals surface area contributed by atoms with Crippen LogP contribution in [0.2, 0.25) is 0 Å². The van der Waals surface area contributed by atoms with Gasteiger partial charge >= 0.3 is 17.9 Å². The molecule has 0 N–H and O–H groups in total. The molecule has 1 unspecified atom stereocenters. The van der Waals surface area contributed by atoms with Gasteiger partial charge in [0, 0.05) is 12.8 Å². The Kier molecular flexibility index (Phi) is 49.5. The summed E-state index contributed by atoms with van der Waals surface area (Å²) in [4.78, 5) is 37.7. The standard InChI is InChI=1S/C59H96O6/c1-4-7-10-13-16-18-20-22-24-25-26-27-28-29-30-31-32-33-35-36-38-40-43-46-49-52-58(61)64-55-56(54-63-57(60)51-48-45-42-15-12-9-6-3)65-59(62)53-50-47-44-41-39-37-34-23-21-19-17-14-11-8-5-2/h7-8,10-11,16-19,22-24,26-27,34,39,41,47,50,56H,4-6,9,12-15,20-21,25,28-33,35-38,40,42-46,48-49,51-55H2,1-3H3/b10-7-,11-8-,18-16-,19-17-,24-22-,27-26-,34-23-,41-39-,50-47-. The van der Waals surface area contributed by atoms with Crippen LogP contribution in [0, 0.1) is 0 Å². The number of unbranched alkanes of at least 4 members (excludes halogenated alkanes) is 18.